The van der Waals surface area contributed by atoms with E-state index in [1.807, 2.05) is 60.7 Å². The first kappa shape index (κ1) is 29.4. The van der Waals surface area contributed by atoms with Crippen molar-refractivity contribution in [3.05, 3.63) is 112 Å². The van der Waals surface area contributed by atoms with Gasteiger partial charge in [-0.15, -0.1) is 0 Å². The Kier molecular flexibility index (Phi) is 9.35. The van der Waals surface area contributed by atoms with Crippen LogP contribution in [0.5, 0.6) is 0 Å². The first-order chi connectivity index (χ1) is 19.1. The smallest absolute Gasteiger partial charge is 0.244 e. The highest BCUT2D eigenvalue weighted by Gasteiger charge is 2.33. The van der Waals surface area contributed by atoms with Gasteiger partial charge in [-0.3, -0.25) is 13.9 Å². The Morgan fingerprint density at radius 1 is 0.850 bits per heavy atom. The van der Waals surface area contributed by atoms with Crippen molar-refractivity contribution >= 4 is 61.5 Å². The average molecular weight is 599 g/mol. The lowest BCUT2D eigenvalue weighted by Crippen LogP contribution is -2.52. The van der Waals surface area contributed by atoms with E-state index in [-0.39, 0.29) is 18.9 Å². The summed E-state index contributed by atoms with van der Waals surface area (Å²) in [5, 5.41) is 4.84. The quantitative estimate of drug-likeness (QED) is 0.269. The highest BCUT2D eigenvalue weighted by molar-refractivity contribution is 7.92. The van der Waals surface area contributed by atoms with E-state index in [9.17, 15) is 18.0 Å². The van der Waals surface area contributed by atoms with Crippen LogP contribution in [0, 0.1) is 0 Å². The molecule has 40 heavy (non-hydrogen) atoms. The van der Waals surface area contributed by atoms with Crippen LogP contribution in [0.4, 0.5) is 5.69 Å². The lowest BCUT2D eigenvalue weighted by Gasteiger charge is -2.33. The molecule has 1 N–H and O–H groups in total. The summed E-state index contributed by atoms with van der Waals surface area (Å²) < 4.78 is 27.2. The number of rotatable bonds is 10. The normalized spacial score (nSPS) is 12.1. The van der Waals surface area contributed by atoms with Crippen molar-refractivity contribution in [2.75, 3.05) is 24.2 Å². The summed E-state index contributed by atoms with van der Waals surface area (Å²) in [7, 11) is -2.39. The molecule has 1 unspecified atom stereocenters. The number of halogens is 2. The Balaban J connectivity index is 1.78. The molecule has 7 nitrogen and oxygen atoms in total. The van der Waals surface area contributed by atoms with Gasteiger partial charge in [0, 0.05) is 25.4 Å². The average Bonchev–Trinajstić information content (AvgIpc) is 2.94. The van der Waals surface area contributed by atoms with E-state index in [4.69, 9.17) is 23.2 Å². The molecular formula is C30H29Cl2N3O4S. The van der Waals surface area contributed by atoms with Crippen molar-refractivity contribution in [1.29, 1.82) is 0 Å². The van der Waals surface area contributed by atoms with Crippen molar-refractivity contribution in [3.63, 3.8) is 0 Å². The van der Waals surface area contributed by atoms with Crippen LogP contribution in [-0.4, -0.2) is 51.0 Å². The molecule has 0 aliphatic carbocycles. The Morgan fingerprint density at radius 2 is 1.52 bits per heavy atom. The number of likely N-dealkylation sites (N-methyl/N-ethyl adjacent to an activating group) is 1. The number of hydrogen-bond acceptors (Lipinski definition) is 4. The summed E-state index contributed by atoms with van der Waals surface area (Å²) in [4.78, 5) is 28.7. The highest BCUT2D eigenvalue weighted by Crippen LogP contribution is 2.29. The number of sulfonamides is 1. The topological polar surface area (TPSA) is 86.8 Å². The Bertz CT molecular complexity index is 1630. The molecule has 4 aromatic carbocycles. The zero-order valence-corrected chi connectivity index (χ0v) is 24.4. The summed E-state index contributed by atoms with van der Waals surface area (Å²) >= 11 is 12.4. The van der Waals surface area contributed by atoms with Crippen LogP contribution in [0.15, 0.2) is 91.0 Å². The van der Waals surface area contributed by atoms with Crippen molar-refractivity contribution in [3.8, 4) is 0 Å². The van der Waals surface area contributed by atoms with Crippen LogP contribution >= 0.6 is 23.2 Å². The van der Waals surface area contributed by atoms with Crippen molar-refractivity contribution in [2.45, 2.75) is 19.0 Å². The lowest BCUT2D eigenvalue weighted by molar-refractivity contribution is -0.139. The van der Waals surface area contributed by atoms with E-state index in [0.29, 0.717) is 26.7 Å². The van der Waals surface area contributed by atoms with Crippen LogP contribution in [0.25, 0.3) is 10.8 Å². The molecule has 2 amide bonds. The third-order valence-corrected chi connectivity index (χ3v) is 8.43. The van der Waals surface area contributed by atoms with E-state index >= 15 is 0 Å². The highest BCUT2D eigenvalue weighted by atomic mass is 35.5. The molecule has 0 bridgehead atoms. The van der Waals surface area contributed by atoms with Gasteiger partial charge in [0.2, 0.25) is 21.8 Å². The number of anilines is 1. The molecule has 0 fully saturated rings. The van der Waals surface area contributed by atoms with Gasteiger partial charge >= 0.3 is 0 Å². The van der Waals surface area contributed by atoms with Gasteiger partial charge < -0.3 is 10.2 Å². The summed E-state index contributed by atoms with van der Waals surface area (Å²) in [5.41, 5.74) is 1.86. The number of fused-ring (bicyclic) bond motifs is 1. The number of benzene rings is 4. The molecule has 4 rings (SSSR count). The van der Waals surface area contributed by atoms with Gasteiger partial charge in [-0.2, -0.15) is 0 Å². The van der Waals surface area contributed by atoms with E-state index in [0.717, 1.165) is 21.5 Å². The summed E-state index contributed by atoms with van der Waals surface area (Å²) in [6, 6.07) is 26.0. The summed E-state index contributed by atoms with van der Waals surface area (Å²) in [5.74, 6) is -0.928. The fraction of sp³-hybridized carbons (Fsp3) is 0.200. The number of hydrogen-bond donors (Lipinski definition) is 1. The fourth-order valence-corrected chi connectivity index (χ4v) is 5.76. The first-order valence-electron chi connectivity index (χ1n) is 12.5. The predicted octanol–water partition coefficient (Wildman–Crippen LogP) is 5.30. The molecule has 0 aliphatic heterocycles. The second-order valence-electron chi connectivity index (χ2n) is 9.36. The standard InChI is InChI=1S/C30H29Cl2N3O4S/c1-33-30(37)28(18-21-9-4-3-5-10-21)34(19-22-15-16-25(31)26(32)17-22)29(36)20-35(40(2,38)39)27-14-8-12-23-11-6-7-13-24(23)27/h3-17,28H,18-20H2,1-2H3,(H,33,37). The van der Waals surface area contributed by atoms with Gasteiger partial charge in [0.15, 0.2) is 0 Å². The second-order valence-corrected chi connectivity index (χ2v) is 12.1. The zero-order chi connectivity index (χ0) is 28.9. The van der Waals surface area contributed by atoms with Crippen LogP contribution < -0.4 is 9.62 Å². The minimum Gasteiger partial charge on any atom is -0.357 e. The van der Waals surface area contributed by atoms with Crippen molar-refractivity contribution in [1.82, 2.24) is 10.2 Å². The molecule has 0 saturated carbocycles. The molecule has 10 heteroatoms. The number of amides is 2. The van der Waals surface area contributed by atoms with Crippen molar-refractivity contribution in [2.24, 2.45) is 0 Å². The SMILES string of the molecule is CNC(=O)C(Cc1ccccc1)N(Cc1ccc(Cl)c(Cl)c1)C(=O)CN(c1cccc2ccccc12)S(C)(=O)=O. The van der Waals surface area contributed by atoms with E-state index in [1.54, 1.807) is 30.3 Å². The number of carbonyl (C=O) groups excluding carboxylic acids is 2. The minimum atomic E-state index is -3.89. The maximum absolute atomic E-state index is 14.1. The lowest BCUT2D eigenvalue weighted by atomic mass is 10.0. The van der Waals surface area contributed by atoms with Crippen LogP contribution in [0.3, 0.4) is 0 Å². The molecule has 0 radical (unpaired) electrons. The van der Waals surface area contributed by atoms with E-state index in [1.165, 1.54) is 11.9 Å². The van der Waals surface area contributed by atoms with Gasteiger partial charge in [0.25, 0.3) is 0 Å². The van der Waals surface area contributed by atoms with Gasteiger partial charge in [0.05, 0.1) is 22.0 Å². The molecule has 0 heterocycles. The van der Waals surface area contributed by atoms with Gasteiger partial charge in [-0.05, 0) is 34.7 Å². The molecule has 4 aromatic rings. The number of nitrogens with one attached hydrogen (secondary N) is 1. The largest absolute Gasteiger partial charge is 0.357 e. The zero-order valence-electron chi connectivity index (χ0n) is 22.1. The minimum absolute atomic E-state index is 0.00772. The molecule has 0 aliphatic rings. The molecular weight excluding hydrogens is 569 g/mol. The van der Waals surface area contributed by atoms with Crippen molar-refractivity contribution < 1.29 is 18.0 Å². The monoisotopic (exact) mass is 597 g/mol. The molecule has 0 spiro atoms. The maximum atomic E-state index is 14.1. The Hall–Kier alpha value is -3.59. The summed E-state index contributed by atoms with van der Waals surface area (Å²) in [6.45, 7) is -0.496. The fourth-order valence-electron chi connectivity index (χ4n) is 4.58. The number of carbonyl (C=O) groups is 2. The van der Waals surface area contributed by atoms with E-state index < -0.39 is 28.5 Å². The third kappa shape index (κ3) is 6.94. The van der Waals surface area contributed by atoms with Gasteiger partial charge in [-0.1, -0.05) is 96.0 Å². The van der Waals surface area contributed by atoms with Gasteiger partial charge in [0.1, 0.15) is 12.6 Å². The van der Waals surface area contributed by atoms with Gasteiger partial charge in [-0.25, -0.2) is 8.42 Å². The second kappa shape index (κ2) is 12.7. The third-order valence-electron chi connectivity index (χ3n) is 6.57. The van der Waals surface area contributed by atoms with Crippen LogP contribution in [0.1, 0.15) is 11.1 Å². The first-order valence-corrected chi connectivity index (χ1v) is 15.1. The predicted molar refractivity (Wildman–Crippen MR) is 161 cm³/mol. The van der Waals surface area contributed by atoms with E-state index in [2.05, 4.69) is 5.32 Å². The number of nitrogens with zero attached hydrogens (tertiary/aromatic N) is 2. The maximum Gasteiger partial charge on any atom is 0.244 e. The molecule has 1 atom stereocenters. The summed E-state index contributed by atoms with van der Waals surface area (Å²) in [6.07, 6.45) is 1.28. The Morgan fingerprint density at radius 3 is 2.20 bits per heavy atom. The van der Waals surface area contributed by atoms with Crippen LogP contribution in [-0.2, 0) is 32.6 Å². The molecule has 0 aromatic heterocycles. The molecule has 0 saturated heterocycles. The molecule has 208 valence electrons. The Labute approximate surface area is 244 Å². The van der Waals surface area contributed by atoms with Crippen LogP contribution in [0.2, 0.25) is 10.0 Å².